The lowest BCUT2D eigenvalue weighted by molar-refractivity contribution is -0.121. The van der Waals surface area contributed by atoms with E-state index in [-0.39, 0.29) is 11.8 Å². The number of carbonyl (C=O) groups excluding carboxylic acids is 1. The maximum Gasteiger partial charge on any atom is 0.220 e. The van der Waals surface area contributed by atoms with Gasteiger partial charge in [0, 0.05) is 66.9 Å². The zero-order valence-corrected chi connectivity index (χ0v) is 17.9. The Morgan fingerprint density at radius 1 is 1.03 bits per heavy atom. The zero-order valence-electron chi connectivity index (χ0n) is 17.9. The van der Waals surface area contributed by atoms with Gasteiger partial charge >= 0.3 is 0 Å². The van der Waals surface area contributed by atoms with Crippen LogP contribution in [0.15, 0.2) is 79.1 Å². The van der Waals surface area contributed by atoms with Crippen molar-refractivity contribution in [3.8, 4) is 5.75 Å². The van der Waals surface area contributed by atoms with Crippen LogP contribution in [0.3, 0.4) is 0 Å². The first-order valence-electron chi connectivity index (χ1n) is 10.5. The topological polar surface area (TPSA) is 56.1 Å². The van der Waals surface area contributed by atoms with Gasteiger partial charge in [-0.25, -0.2) is 0 Å². The summed E-state index contributed by atoms with van der Waals surface area (Å²) >= 11 is 0. The molecule has 2 aromatic carbocycles. The highest BCUT2D eigenvalue weighted by Crippen LogP contribution is 2.38. The largest absolute Gasteiger partial charge is 0.496 e. The Balaban J connectivity index is 1.61. The average molecular weight is 414 g/mol. The molecule has 0 aliphatic heterocycles. The van der Waals surface area contributed by atoms with Crippen molar-refractivity contribution in [1.29, 1.82) is 0 Å². The summed E-state index contributed by atoms with van der Waals surface area (Å²) in [5.74, 6) is 0.693. The number of benzene rings is 2. The van der Waals surface area contributed by atoms with E-state index < -0.39 is 0 Å². The fourth-order valence-electron chi connectivity index (χ4n) is 4.13. The van der Waals surface area contributed by atoms with E-state index in [9.17, 15) is 4.79 Å². The first-order chi connectivity index (χ1) is 15.2. The van der Waals surface area contributed by atoms with E-state index in [0.717, 1.165) is 33.5 Å². The summed E-state index contributed by atoms with van der Waals surface area (Å²) in [6.45, 7) is 0.560. The van der Waals surface area contributed by atoms with Crippen molar-refractivity contribution in [3.63, 3.8) is 0 Å². The molecule has 0 radical (unpaired) electrons. The standard InChI is InChI=1S/C26H27N3O2/c1-29-18-23(20-10-3-5-12-24(20)29)22(21-11-4-6-13-25(21)31-2)17-26(30)28-16-14-19-9-7-8-15-27-19/h3-13,15,18,22H,14,16-17H2,1-2H3,(H,28,30). The first kappa shape index (κ1) is 20.7. The molecule has 0 bridgehead atoms. The second-order valence-electron chi connectivity index (χ2n) is 7.63. The molecular weight excluding hydrogens is 386 g/mol. The molecule has 1 amide bonds. The molecule has 0 aliphatic carbocycles. The predicted molar refractivity (Wildman–Crippen MR) is 123 cm³/mol. The smallest absolute Gasteiger partial charge is 0.220 e. The first-order valence-corrected chi connectivity index (χ1v) is 10.5. The minimum atomic E-state index is -0.114. The van der Waals surface area contributed by atoms with Gasteiger partial charge in [0.15, 0.2) is 0 Å². The maximum atomic E-state index is 13.0. The molecule has 158 valence electrons. The number of nitrogens with one attached hydrogen (secondary N) is 1. The number of rotatable bonds is 8. The van der Waals surface area contributed by atoms with Crippen molar-refractivity contribution in [1.82, 2.24) is 14.9 Å². The fourth-order valence-corrected chi connectivity index (χ4v) is 4.13. The summed E-state index contributed by atoms with van der Waals surface area (Å²) in [6.07, 6.45) is 4.95. The van der Waals surface area contributed by atoms with Gasteiger partial charge in [-0.1, -0.05) is 42.5 Å². The van der Waals surface area contributed by atoms with Crippen LogP contribution >= 0.6 is 0 Å². The molecule has 1 atom stereocenters. The normalized spacial score (nSPS) is 11.9. The molecular formula is C26H27N3O2. The second kappa shape index (κ2) is 9.47. The van der Waals surface area contributed by atoms with Crippen molar-refractivity contribution < 1.29 is 9.53 Å². The zero-order chi connectivity index (χ0) is 21.6. The second-order valence-corrected chi connectivity index (χ2v) is 7.63. The Kier molecular flexibility index (Phi) is 6.32. The molecule has 5 nitrogen and oxygen atoms in total. The van der Waals surface area contributed by atoms with Crippen molar-refractivity contribution in [3.05, 3.63) is 95.9 Å². The Morgan fingerprint density at radius 3 is 2.61 bits per heavy atom. The predicted octanol–water partition coefficient (Wildman–Crippen LogP) is 4.46. The number of hydrogen-bond acceptors (Lipinski definition) is 3. The number of fused-ring (bicyclic) bond motifs is 1. The third kappa shape index (κ3) is 4.61. The van der Waals surface area contributed by atoms with E-state index in [2.05, 4.69) is 33.2 Å². The highest BCUT2D eigenvalue weighted by Gasteiger charge is 2.24. The minimum absolute atomic E-state index is 0.0137. The van der Waals surface area contributed by atoms with Crippen LogP contribution in [0, 0.1) is 0 Å². The van der Waals surface area contributed by atoms with Gasteiger partial charge in [-0.05, 0) is 29.8 Å². The van der Waals surface area contributed by atoms with E-state index >= 15 is 0 Å². The molecule has 0 aliphatic rings. The number of para-hydroxylation sites is 2. The molecule has 1 N–H and O–H groups in total. The van der Waals surface area contributed by atoms with Crippen molar-refractivity contribution in [2.24, 2.45) is 7.05 Å². The van der Waals surface area contributed by atoms with Crippen molar-refractivity contribution in [2.75, 3.05) is 13.7 Å². The average Bonchev–Trinajstić information content (AvgIpc) is 3.15. The highest BCUT2D eigenvalue weighted by atomic mass is 16.5. The van der Waals surface area contributed by atoms with Crippen molar-refractivity contribution in [2.45, 2.75) is 18.8 Å². The molecule has 5 heteroatoms. The van der Waals surface area contributed by atoms with Gasteiger partial charge in [-0.3, -0.25) is 9.78 Å². The van der Waals surface area contributed by atoms with Crippen LogP contribution in [0.4, 0.5) is 0 Å². The number of pyridine rings is 1. The third-order valence-corrected chi connectivity index (χ3v) is 5.64. The minimum Gasteiger partial charge on any atom is -0.496 e. The SMILES string of the molecule is COc1ccccc1C(CC(=O)NCCc1ccccn1)c1cn(C)c2ccccc12. The Morgan fingerprint density at radius 2 is 1.81 bits per heavy atom. The molecule has 1 unspecified atom stereocenters. The Bertz CT molecular complexity index is 1170. The van der Waals surface area contributed by atoms with Crippen LogP contribution in [-0.2, 0) is 18.3 Å². The summed E-state index contributed by atoms with van der Waals surface area (Å²) < 4.78 is 7.76. The van der Waals surface area contributed by atoms with Gasteiger partial charge in [0.1, 0.15) is 5.75 Å². The number of aryl methyl sites for hydroxylation is 1. The Labute approximate surface area is 182 Å². The molecule has 0 fully saturated rings. The molecule has 4 rings (SSSR count). The number of amides is 1. The van der Waals surface area contributed by atoms with Crippen molar-refractivity contribution >= 4 is 16.8 Å². The van der Waals surface area contributed by atoms with E-state index in [1.807, 2.05) is 61.6 Å². The van der Waals surface area contributed by atoms with Crippen LogP contribution in [0.2, 0.25) is 0 Å². The van der Waals surface area contributed by atoms with Crippen LogP contribution in [0.5, 0.6) is 5.75 Å². The number of methoxy groups -OCH3 is 1. The number of nitrogens with zero attached hydrogens (tertiary/aromatic N) is 2. The molecule has 2 aromatic heterocycles. The lowest BCUT2D eigenvalue weighted by atomic mass is 9.87. The maximum absolute atomic E-state index is 13.0. The summed E-state index contributed by atoms with van der Waals surface area (Å²) in [5, 5.41) is 4.22. The lowest BCUT2D eigenvalue weighted by Gasteiger charge is -2.20. The third-order valence-electron chi connectivity index (χ3n) is 5.64. The van der Waals surface area contributed by atoms with Crippen LogP contribution in [0.25, 0.3) is 10.9 Å². The van der Waals surface area contributed by atoms with E-state index in [4.69, 9.17) is 4.74 Å². The molecule has 0 spiro atoms. The van der Waals surface area contributed by atoms with Gasteiger partial charge < -0.3 is 14.6 Å². The quantitative estimate of drug-likeness (QED) is 0.464. The van der Waals surface area contributed by atoms with E-state index in [1.165, 1.54) is 0 Å². The number of ether oxygens (including phenoxy) is 1. The number of hydrogen-bond donors (Lipinski definition) is 1. The molecule has 2 heterocycles. The highest BCUT2D eigenvalue weighted by molar-refractivity contribution is 5.86. The van der Waals surface area contributed by atoms with Crippen LogP contribution in [0.1, 0.15) is 29.2 Å². The number of carbonyl (C=O) groups is 1. The van der Waals surface area contributed by atoms with Gasteiger partial charge in [-0.15, -0.1) is 0 Å². The van der Waals surface area contributed by atoms with E-state index in [0.29, 0.717) is 19.4 Å². The Hall–Kier alpha value is -3.60. The summed E-state index contributed by atoms with van der Waals surface area (Å²) in [6, 6.07) is 22.1. The molecule has 31 heavy (non-hydrogen) atoms. The van der Waals surface area contributed by atoms with Gasteiger partial charge in [0.2, 0.25) is 5.91 Å². The van der Waals surface area contributed by atoms with Crippen LogP contribution < -0.4 is 10.1 Å². The van der Waals surface area contributed by atoms with Gasteiger partial charge in [-0.2, -0.15) is 0 Å². The molecule has 4 aromatic rings. The van der Waals surface area contributed by atoms with Crippen LogP contribution in [-0.4, -0.2) is 29.1 Å². The number of aromatic nitrogens is 2. The lowest BCUT2D eigenvalue weighted by Crippen LogP contribution is -2.27. The molecule has 0 saturated heterocycles. The van der Waals surface area contributed by atoms with E-state index in [1.54, 1.807) is 13.3 Å². The van der Waals surface area contributed by atoms with Gasteiger partial charge in [0.05, 0.1) is 7.11 Å². The summed E-state index contributed by atoms with van der Waals surface area (Å²) in [7, 11) is 3.71. The molecule has 0 saturated carbocycles. The fraction of sp³-hybridized carbons (Fsp3) is 0.231. The van der Waals surface area contributed by atoms with Gasteiger partial charge in [0.25, 0.3) is 0 Å². The monoisotopic (exact) mass is 413 g/mol. The summed E-state index contributed by atoms with van der Waals surface area (Å²) in [4.78, 5) is 17.3. The summed E-state index contributed by atoms with van der Waals surface area (Å²) in [5.41, 5.74) is 4.26.